The van der Waals surface area contributed by atoms with Crippen LogP contribution in [0.1, 0.15) is 29.2 Å². The van der Waals surface area contributed by atoms with Crippen molar-refractivity contribution in [2.24, 2.45) is 11.6 Å². The van der Waals surface area contributed by atoms with Gasteiger partial charge in [0.2, 0.25) is 11.8 Å². The summed E-state index contributed by atoms with van der Waals surface area (Å²) in [5.74, 6) is 3.97. The zero-order valence-corrected chi connectivity index (χ0v) is 28.9. The Bertz CT molecular complexity index is 1740. The van der Waals surface area contributed by atoms with Crippen LogP contribution in [0.15, 0.2) is 70.8 Å². The lowest BCUT2D eigenvalue weighted by atomic mass is 10.0. The first-order valence-electron chi connectivity index (χ1n) is 15.4. The Labute approximate surface area is 291 Å². The Morgan fingerprint density at radius 2 is 1.88 bits per heavy atom. The second-order valence-corrected chi connectivity index (χ2v) is 12.8. The molecule has 0 aliphatic rings. The van der Waals surface area contributed by atoms with E-state index in [0.29, 0.717) is 11.6 Å². The van der Waals surface area contributed by atoms with Gasteiger partial charge in [0, 0.05) is 60.8 Å². The third kappa shape index (κ3) is 9.51. The van der Waals surface area contributed by atoms with E-state index in [1.165, 1.54) is 11.0 Å². The molecule has 0 saturated heterocycles. The van der Waals surface area contributed by atoms with Crippen molar-refractivity contribution in [3.05, 3.63) is 88.2 Å². The number of carbonyl (C=O) groups is 2. The molecule has 2 aromatic carbocycles. The van der Waals surface area contributed by atoms with Gasteiger partial charge >= 0.3 is 6.18 Å². The first-order valence-corrected chi connectivity index (χ1v) is 16.6. The van der Waals surface area contributed by atoms with Crippen molar-refractivity contribution in [1.29, 1.82) is 0 Å². The minimum absolute atomic E-state index is 0.0607. The number of hydrogen-bond donors (Lipinski definition) is 5. The molecule has 2 atom stereocenters. The molecular weight excluding hydrogens is 681 g/mol. The molecule has 0 bridgehead atoms. The maximum absolute atomic E-state index is 14.5. The fourth-order valence-corrected chi connectivity index (χ4v) is 6.86. The maximum Gasteiger partial charge on any atom is 0.416 e. The summed E-state index contributed by atoms with van der Waals surface area (Å²) in [6, 6.07) is 11.1. The highest BCUT2D eigenvalue weighted by molar-refractivity contribution is 7.99. The molecule has 264 valence electrons. The molecule has 0 spiro atoms. The summed E-state index contributed by atoms with van der Waals surface area (Å²) in [5.41, 5.74) is 7.06. The van der Waals surface area contributed by atoms with Crippen LogP contribution in [0.4, 0.5) is 13.2 Å². The van der Waals surface area contributed by atoms with E-state index in [-0.39, 0.29) is 41.7 Å². The number of para-hydroxylation sites is 1. The second-order valence-electron chi connectivity index (χ2n) is 11.4. The third-order valence-electron chi connectivity index (χ3n) is 7.83. The summed E-state index contributed by atoms with van der Waals surface area (Å²) in [4.78, 5) is 43.4. The highest BCUT2D eigenvalue weighted by Crippen LogP contribution is 2.43. The van der Waals surface area contributed by atoms with E-state index in [9.17, 15) is 22.8 Å². The van der Waals surface area contributed by atoms with Gasteiger partial charge in [-0.05, 0) is 62.0 Å². The Morgan fingerprint density at radius 3 is 2.55 bits per heavy atom. The number of amides is 2. The predicted octanol–water partition coefficient (Wildman–Crippen LogP) is 4.29. The summed E-state index contributed by atoms with van der Waals surface area (Å²) < 4.78 is 43.4. The van der Waals surface area contributed by atoms with Crippen LogP contribution in [0.25, 0.3) is 10.9 Å². The van der Waals surface area contributed by atoms with Gasteiger partial charge in [0.25, 0.3) is 0 Å². The van der Waals surface area contributed by atoms with Crippen molar-refractivity contribution < 1.29 is 27.6 Å². The van der Waals surface area contributed by atoms with E-state index in [1.54, 1.807) is 25.4 Å². The molecule has 2 aromatic heterocycles. The van der Waals surface area contributed by atoms with E-state index in [2.05, 4.69) is 25.4 Å². The van der Waals surface area contributed by atoms with E-state index >= 15 is 0 Å². The molecule has 7 N–H and O–H groups in total. The van der Waals surface area contributed by atoms with Crippen LogP contribution in [0, 0.1) is 0 Å². The van der Waals surface area contributed by atoms with Crippen molar-refractivity contribution in [3.8, 4) is 0 Å². The van der Waals surface area contributed by atoms with Crippen LogP contribution in [0.2, 0.25) is 5.02 Å². The van der Waals surface area contributed by atoms with E-state index in [4.69, 9.17) is 23.2 Å². The molecule has 0 saturated carbocycles. The van der Waals surface area contributed by atoms with E-state index in [0.717, 1.165) is 39.9 Å². The molecule has 2 amide bonds. The smallest absolute Gasteiger partial charge is 0.361 e. The van der Waals surface area contributed by atoms with Crippen molar-refractivity contribution in [2.75, 3.05) is 33.9 Å². The molecule has 0 radical (unpaired) electrons. The Hall–Kier alpha value is -3.70. The lowest BCUT2D eigenvalue weighted by Gasteiger charge is -2.33. The minimum atomic E-state index is -4.75. The molecule has 0 aliphatic carbocycles. The minimum Gasteiger partial charge on any atom is -0.361 e. The predicted molar refractivity (Wildman–Crippen MR) is 183 cm³/mol. The van der Waals surface area contributed by atoms with Crippen LogP contribution in [0.5, 0.6) is 0 Å². The number of fused-ring (bicyclic) bond motifs is 1. The number of likely N-dealkylation sites (N-methyl/N-ethyl adjacent to an activating group) is 1. The molecule has 2 heterocycles. The highest BCUT2D eigenvalue weighted by atomic mass is 35.5. The number of benzene rings is 2. The Morgan fingerprint density at radius 1 is 1.12 bits per heavy atom. The van der Waals surface area contributed by atoms with Crippen LogP contribution in [-0.4, -0.2) is 77.6 Å². The van der Waals surface area contributed by atoms with Crippen LogP contribution < -0.4 is 22.3 Å². The topological polar surface area (TPSA) is 155 Å². The van der Waals surface area contributed by atoms with Crippen LogP contribution in [-0.2, 0) is 40.1 Å². The number of aromatic amines is 1. The number of carbonyl (C=O) groups excluding carboxylic acids is 2. The molecule has 0 unspecified atom stereocenters. The van der Waals surface area contributed by atoms with Crippen molar-refractivity contribution >= 4 is 46.1 Å². The van der Waals surface area contributed by atoms with Gasteiger partial charge in [0.15, 0.2) is 0 Å². The molecule has 0 fully saturated rings. The summed E-state index contributed by atoms with van der Waals surface area (Å²) in [6.45, 7) is 1.47. The number of aromatic nitrogens is 2. The quantitative estimate of drug-likeness (QED) is 0.0843. The number of alkyl halides is 3. The molecule has 49 heavy (non-hydrogen) atoms. The standard InChI is InChI=1S/C33H40ClF3N8O3S/c1-4-45(32(47)27(15-38)43-19-48-39)28(14-21-16-41-26-10-6-5-9-22(21)26)30(46)42-17-23-24(33(35,36)37)11-12-25(34)29(23)49-31-20(18-44(2)3)8-7-13-40-31/h5-13,16,27-28,41,43H,4,14-15,17-19,38-39H2,1-3H3,(H,42,46)/t27-,28-/m0/s1. The van der Waals surface area contributed by atoms with Crippen molar-refractivity contribution in [2.45, 2.75) is 54.6 Å². The average molecular weight is 721 g/mol. The average Bonchev–Trinajstić information content (AvgIpc) is 3.47. The fourth-order valence-electron chi connectivity index (χ4n) is 5.52. The lowest BCUT2D eigenvalue weighted by Crippen LogP contribution is -2.57. The van der Waals surface area contributed by atoms with Gasteiger partial charge in [-0.25, -0.2) is 10.9 Å². The van der Waals surface area contributed by atoms with Gasteiger partial charge in [-0.15, -0.1) is 0 Å². The largest absolute Gasteiger partial charge is 0.416 e. The molecule has 4 rings (SSSR count). The number of H-pyrrole nitrogens is 1. The summed E-state index contributed by atoms with van der Waals surface area (Å²) in [6.07, 6.45) is -1.39. The monoisotopic (exact) mass is 720 g/mol. The van der Waals surface area contributed by atoms with E-state index in [1.807, 2.05) is 49.3 Å². The Kier molecular flexibility index (Phi) is 13.5. The zero-order chi connectivity index (χ0) is 35.7. The normalized spacial score (nSPS) is 13.1. The Balaban J connectivity index is 1.73. The second kappa shape index (κ2) is 17.3. The summed E-state index contributed by atoms with van der Waals surface area (Å²) in [5, 5.41) is 6.89. The maximum atomic E-state index is 14.5. The number of nitrogens with two attached hydrogens (primary N) is 2. The molecule has 0 aliphatic heterocycles. The summed E-state index contributed by atoms with van der Waals surface area (Å²) >= 11 is 7.56. The fraction of sp³-hybridized carbons (Fsp3) is 0.364. The molecule has 16 heteroatoms. The third-order valence-corrected chi connectivity index (χ3v) is 9.49. The first kappa shape index (κ1) is 38.1. The van der Waals surface area contributed by atoms with Crippen LogP contribution >= 0.6 is 23.4 Å². The van der Waals surface area contributed by atoms with Gasteiger partial charge in [-0.3, -0.25) is 19.7 Å². The zero-order valence-electron chi connectivity index (χ0n) is 27.3. The highest BCUT2D eigenvalue weighted by Gasteiger charge is 2.37. The van der Waals surface area contributed by atoms with Crippen molar-refractivity contribution in [1.82, 2.24) is 30.4 Å². The number of nitrogens with zero attached hydrogens (tertiary/aromatic N) is 3. The first-order chi connectivity index (χ1) is 23.4. The SMILES string of the molecule is CCN(C(=O)[C@H](CN)NCON)[C@@H](Cc1c[nH]c2ccccc12)C(=O)NCc1c(C(F)(F)F)ccc(Cl)c1Sc1ncccc1CN(C)C. The number of halogens is 4. The van der Waals surface area contributed by atoms with E-state index < -0.39 is 42.2 Å². The van der Waals surface area contributed by atoms with Gasteiger partial charge in [-0.1, -0.05) is 47.6 Å². The van der Waals surface area contributed by atoms with Gasteiger partial charge < -0.3 is 25.8 Å². The van der Waals surface area contributed by atoms with Crippen molar-refractivity contribution in [3.63, 3.8) is 0 Å². The number of hydrogen-bond acceptors (Lipinski definition) is 9. The molecule has 4 aromatic rings. The molecular formula is C33H40ClF3N8O3S. The van der Waals surface area contributed by atoms with Crippen LogP contribution in [0.3, 0.4) is 0 Å². The van der Waals surface area contributed by atoms with Gasteiger partial charge in [0.1, 0.15) is 23.8 Å². The molecule has 11 nitrogen and oxygen atoms in total. The number of nitrogens with one attached hydrogen (secondary N) is 3. The van der Waals surface area contributed by atoms with Gasteiger partial charge in [-0.2, -0.15) is 13.2 Å². The number of pyridine rings is 1. The lowest BCUT2D eigenvalue weighted by molar-refractivity contribution is -0.142. The summed E-state index contributed by atoms with van der Waals surface area (Å²) in [7, 11) is 3.74. The van der Waals surface area contributed by atoms with Gasteiger partial charge in [0.05, 0.1) is 10.6 Å². The number of rotatable bonds is 16.